The minimum Gasteiger partial charge on any atom is -0.493 e. The lowest BCUT2D eigenvalue weighted by Crippen LogP contribution is -2.51. The lowest BCUT2D eigenvalue weighted by molar-refractivity contribution is 0.288. The van der Waals surface area contributed by atoms with E-state index in [9.17, 15) is 8.42 Å². The molecular formula is C15H23ClN2O3S. The van der Waals surface area contributed by atoms with Crippen molar-refractivity contribution in [2.75, 3.05) is 13.2 Å². The lowest BCUT2D eigenvalue weighted by Gasteiger charge is -2.28. The zero-order valence-corrected chi connectivity index (χ0v) is 14.1. The number of halogens is 1. The number of sulfonamides is 1. The number of fused-ring (bicyclic) bond motifs is 1. The summed E-state index contributed by atoms with van der Waals surface area (Å²) in [5.74, 6) is 0.801. The smallest absolute Gasteiger partial charge is 0.241 e. The molecule has 1 aromatic rings. The molecule has 0 spiro atoms. The Hall–Kier alpha value is -0.820. The molecule has 1 saturated carbocycles. The molecule has 0 atom stereocenters. The van der Waals surface area contributed by atoms with E-state index in [0.717, 1.165) is 49.8 Å². The van der Waals surface area contributed by atoms with Gasteiger partial charge in [-0.3, -0.25) is 0 Å². The first-order valence-electron chi connectivity index (χ1n) is 7.54. The largest absolute Gasteiger partial charge is 0.493 e. The highest BCUT2D eigenvalue weighted by Gasteiger charge is 2.37. The van der Waals surface area contributed by atoms with Crippen molar-refractivity contribution in [3.05, 3.63) is 23.8 Å². The monoisotopic (exact) mass is 346 g/mol. The van der Waals surface area contributed by atoms with E-state index in [0.29, 0.717) is 18.0 Å². The maximum atomic E-state index is 12.6. The van der Waals surface area contributed by atoms with Crippen molar-refractivity contribution in [1.82, 2.24) is 4.72 Å². The highest BCUT2D eigenvalue weighted by molar-refractivity contribution is 7.89. The number of nitrogens with two attached hydrogens (primary N) is 1. The Balaban J connectivity index is 0.00000176. The van der Waals surface area contributed by atoms with Crippen molar-refractivity contribution < 1.29 is 13.2 Å². The van der Waals surface area contributed by atoms with Crippen LogP contribution in [-0.4, -0.2) is 27.1 Å². The molecule has 1 aliphatic carbocycles. The SMILES string of the molecule is Cl.NCC1(NS(=O)(=O)c2ccc3c(c2)CCCO3)CCCC1. The van der Waals surface area contributed by atoms with E-state index >= 15 is 0 Å². The summed E-state index contributed by atoms with van der Waals surface area (Å²) in [6, 6.07) is 5.11. The van der Waals surface area contributed by atoms with E-state index in [4.69, 9.17) is 10.5 Å². The van der Waals surface area contributed by atoms with Crippen molar-refractivity contribution in [2.45, 2.75) is 49.0 Å². The molecule has 0 unspecified atom stereocenters. The topological polar surface area (TPSA) is 81.4 Å². The molecule has 0 aromatic heterocycles. The average molecular weight is 347 g/mol. The van der Waals surface area contributed by atoms with Crippen LogP contribution in [0.15, 0.2) is 23.1 Å². The second-order valence-electron chi connectivity index (χ2n) is 6.02. The van der Waals surface area contributed by atoms with Gasteiger partial charge in [0, 0.05) is 12.1 Å². The van der Waals surface area contributed by atoms with Gasteiger partial charge in [-0.05, 0) is 49.4 Å². The van der Waals surface area contributed by atoms with Crippen LogP contribution in [0, 0.1) is 0 Å². The van der Waals surface area contributed by atoms with Gasteiger partial charge in [0.25, 0.3) is 0 Å². The lowest BCUT2D eigenvalue weighted by atomic mass is 10.0. The Morgan fingerprint density at radius 3 is 2.64 bits per heavy atom. The van der Waals surface area contributed by atoms with Crippen LogP contribution in [-0.2, 0) is 16.4 Å². The molecule has 0 bridgehead atoms. The van der Waals surface area contributed by atoms with Crippen LogP contribution >= 0.6 is 12.4 Å². The molecule has 0 saturated heterocycles. The summed E-state index contributed by atoms with van der Waals surface area (Å²) < 4.78 is 33.6. The number of hydrogen-bond acceptors (Lipinski definition) is 4. The van der Waals surface area contributed by atoms with Crippen LogP contribution in [0.5, 0.6) is 5.75 Å². The van der Waals surface area contributed by atoms with E-state index < -0.39 is 15.6 Å². The molecule has 3 N–H and O–H groups in total. The molecule has 2 aliphatic rings. The Morgan fingerprint density at radius 1 is 1.23 bits per heavy atom. The van der Waals surface area contributed by atoms with Crippen LogP contribution < -0.4 is 15.2 Å². The average Bonchev–Trinajstić information content (AvgIpc) is 2.95. The zero-order chi connectivity index (χ0) is 14.9. The van der Waals surface area contributed by atoms with Crippen molar-refractivity contribution >= 4 is 22.4 Å². The molecule has 1 heterocycles. The summed E-state index contributed by atoms with van der Waals surface area (Å²) in [4.78, 5) is 0.312. The molecule has 1 aliphatic heterocycles. The first-order valence-corrected chi connectivity index (χ1v) is 9.03. The third-order valence-corrected chi connectivity index (χ3v) is 6.07. The molecule has 5 nitrogen and oxygen atoms in total. The molecule has 124 valence electrons. The molecule has 1 fully saturated rings. The van der Waals surface area contributed by atoms with Crippen molar-refractivity contribution in [2.24, 2.45) is 5.73 Å². The summed E-state index contributed by atoms with van der Waals surface area (Å²) >= 11 is 0. The van der Waals surface area contributed by atoms with Gasteiger partial charge in [-0.15, -0.1) is 12.4 Å². The van der Waals surface area contributed by atoms with Crippen molar-refractivity contribution in [1.29, 1.82) is 0 Å². The number of benzene rings is 1. The summed E-state index contributed by atoms with van der Waals surface area (Å²) in [5, 5.41) is 0. The molecule has 7 heteroatoms. The van der Waals surface area contributed by atoms with Crippen molar-refractivity contribution in [3.8, 4) is 5.75 Å². The Labute approximate surface area is 138 Å². The molecule has 3 rings (SSSR count). The molecule has 1 aromatic carbocycles. The van der Waals surface area contributed by atoms with Gasteiger partial charge in [-0.2, -0.15) is 0 Å². The summed E-state index contributed by atoms with van der Waals surface area (Å²) in [6.45, 7) is 1.05. The van der Waals surface area contributed by atoms with Gasteiger partial charge in [0.2, 0.25) is 10.0 Å². The molecule has 22 heavy (non-hydrogen) atoms. The number of rotatable bonds is 4. The van der Waals surface area contributed by atoms with E-state index in [1.165, 1.54) is 0 Å². The normalized spacial score (nSPS) is 19.9. The van der Waals surface area contributed by atoms with E-state index in [1.54, 1.807) is 18.2 Å². The van der Waals surface area contributed by atoms with Gasteiger partial charge in [-0.25, -0.2) is 13.1 Å². The number of hydrogen-bond donors (Lipinski definition) is 2. The van der Waals surface area contributed by atoms with Gasteiger partial charge < -0.3 is 10.5 Å². The van der Waals surface area contributed by atoms with Crippen LogP contribution in [0.1, 0.15) is 37.7 Å². The minimum absolute atomic E-state index is 0. The van der Waals surface area contributed by atoms with Crippen LogP contribution in [0.25, 0.3) is 0 Å². The fraction of sp³-hybridized carbons (Fsp3) is 0.600. The Bertz CT molecular complexity index is 628. The summed E-state index contributed by atoms with van der Waals surface area (Å²) in [7, 11) is -3.53. The van der Waals surface area contributed by atoms with Gasteiger partial charge in [0.15, 0.2) is 0 Å². The fourth-order valence-electron chi connectivity index (χ4n) is 3.25. The summed E-state index contributed by atoms with van der Waals surface area (Å²) in [5.41, 5.74) is 6.32. The maximum absolute atomic E-state index is 12.6. The second kappa shape index (κ2) is 6.74. The van der Waals surface area contributed by atoms with Crippen LogP contribution in [0.4, 0.5) is 0 Å². The third-order valence-electron chi connectivity index (χ3n) is 4.49. The van der Waals surface area contributed by atoms with E-state index in [2.05, 4.69) is 4.72 Å². The van der Waals surface area contributed by atoms with Gasteiger partial charge in [0.1, 0.15) is 5.75 Å². The van der Waals surface area contributed by atoms with Crippen LogP contribution in [0.2, 0.25) is 0 Å². The fourth-order valence-corrected chi connectivity index (χ4v) is 4.77. The number of ether oxygens (including phenoxy) is 1. The van der Waals surface area contributed by atoms with E-state index in [-0.39, 0.29) is 12.4 Å². The maximum Gasteiger partial charge on any atom is 0.241 e. The van der Waals surface area contributed by atoms with Gasteiger partial charge >= 0.3 is 0 Å². The third kappa shape index (κ3) is 3.40. The molecular weight excluding hydrogens is 324 g/mol. The highest BCUT2D eigenvalue weighted by Crippen LogP contribution is 2.32. The second-order valence-corrected chi connectivity index (χ2v) is 7.70. The van der Waals surface area contributed by atoms with Gasteiger partial charge in [0.05, 0.1) is 11.5 Å². The Morgan fingerprint density at radius 2 is 1.95 bits per heavy atom. The van der Waals surface area contributed by atoms with Crippen LogP contribution in [0.3, 0.4) is 0 Å². The quantitative estimate of drug-likeness (QED) is 0.873. The first-order chi connectivity index (χ1) is 10.0. The molecule has 0 radical (unpaired) electrons. The summed E-state index contributed by atoms with van der Waals surface area (Å²) in [6.07, 6.45) is 5.47. The number of nitrogens with one attached hydrogen (secondary N) is 1. The predicted molar refractivity (Wildman–Crippen MR) is 88.1 cm³/mol. The standard InChI is InChI=1S/C15H22N2O3S.ClH/c16-11-15(7-1-2-8-15)17-21(18,19)13-5-6-14-12(10-13)4-3-9-20-14;/h5-6,10,17H,1-4,7-9,11,16H2;1H. The Kier molecular flexibility index (Phi) is 5.37. The minimum atomic E-state index is -3.53. The first kappa shape index (κ1) is 17.5. The zero-order valence-electron chi connectivity index (χ0n) is 12.5. The van der Waals surface area contributed by atoms with E-state index in [1.807, 2.05) is 0 Å². The highest BCUT2D eigenvalue weighted by atomic mass is 35.5. The van der Waals surface area contributed by atoms with Crippen molar-refractivity contribution in [3.63, 3.8) is 0 Å². The van der Waals surface area contributed by atoms with Gasteiger partial charge in [-0.1, -0.05) is 12.8 Å². The number of aryl methyl sites for hydroxylation is 1. The molecule has 0 amide bonds. The predicted octanol–water partition coefficient (Wildman–Crippen LogP) is 1.98.